The van der Waals surface area contributed by atoms with Crippen molar-refractivity contribution in [1.82, 2.24) is 10.2 Å². The molecule has 0 spiro atoms. The summed E-state index contributed by atoms with van der Waals surface area (Å²) in [4.78, 5) is 36.7. The van der Waals surface area contributed by atoms with Crippen molar-refractivity contribution < 1.29 is 33.4 Å². The Labute approximate surface area is 165 Å². The van der Waals surface area contributed by atoms with Crippen molar-refractivity contribution in [2.75, 3.05) is 20.3 Å². The highest BCUT2D eigenvalue weighted by Gasteiger charge is 2.31. The predicted molar refractivity (Wildman–Crippen MR) is 98.7 cm³/mol. The molecule has 0 saturated heterocycles. The van der Waals surface area contributed by atoms with Gasteiger partial charge < -0.3 is 19.5 Å². The number of amides is 3. The van der Waals surface area contributed by atoms with Gasteiger partial charge in [-0.15, -0.1) is 0 Å². The highest BCUT2D eigenvalue weighted by atomic mass is 19.1. The molecule has 2 aromatic rings. The average Bonchev–Trinajstić information content (AvgIpc) is 3.03. The van der Waals surface area contributed by atoms with Crippen LogP contribution in [-0.4, -0.2) is 48.0 Å². The number of aliphatic hydroxyl groups excluding tert-OH is 1. The third-order valence-electron chi connectivity index (χ3n) is 4.40. The van der Waals surface area contributed by atoms with Crippen molar-refractivity contribution in [2.45, 2.75) is 13.2 Å². The molecule has 0 bridgehead atoms. The third-order valence-corrected chi connectivity index (χ3v) is 4.40. The molecule has 2 aromatic carbocycles. The van der Waals surface area contributed by atoms with Crippen molar-refractivity contribution in [3.05, 3.63) is 58.9 Å². The number of benzene rings is 2. The largest absolute Gasteiger partial charge is 0.494 e. The summed E-state index contributed by atoms with van der Waals surface area (Å²) in [5.74, 6) is -1.95. The van der Waals surface area contributed by atoms with E-state index < -0.39 is 24.2 Å². The van der Waals surface area contributed by atoms with Crippen molar-refractivity contribution in [3.63, 3.8) is 0 Å². The SMILES string of the molecule is COc1cccc(COc2cccc3c2CN(CC(=O)NC(=O)CO)C3=O)c1F. The molecule has 1 aliphatic rings. The summed E-state index contributed by atoms with van der Waals surface area (Å²) in [7, 11) is 1.37. The molecule has 29 heavy (non-hydrogen) atoms. The van der Waals surface area contributed by atoms with Gasteiger partial charge in [0.05, 0.1) is 13.7 Å². The Kier molecular flexibility index (Phi) is 6.08. The fourth-order valence-electron chi connectivity index (χ4n) is 3.01. The van der Waals surface area contributed by atoms with E-state index in [-0.39, 0.29) is 31.4 Å². The first kappa shape index (κ1) is 20.3. The topological polar surface area (TPSA) is 105 Å². The smallest absolute Gasteiger partial charge is 0.255 e. The second-order valence-corrected chi connectivity index (χ2v) is 6.29. The Hall–Kier alpha value is -3.46. The lowest BCUT2D eigenvalue weighted by Gasteiger charge is -2.15. The summed E-state index contributed by atoms with van der Waals surface area (Å²) in [6, 6.07) is 9.61. The maximum Gasteiger partial charge on any atom is 0.255 e. The zero-order valence-electron chi connectivity index (χ0n) is 15.6. The van der Waals surface area contributed by atoms with E-state index in [0.29, 0.717) is 22.4 Å². The molecule has 0 aliphatic carbocycles. The number of fused-ring (bicyclic) bond motifs is 1. The van der Waals surface area contributed by atoms with Crippen LogP contribution < -0.4 is 14.8 Å². The number of rotatable bonds is 7. The van der Waals surface area contributed by atoms with Gasteiger partial charge in [-0.05, 0) is 18.2 Å². The van der Waals surface area contributed by atoms with Gasteiger partial charge in [-0.25, -0.2) is 4.39 Å². The minimum atomic E-state index is -0.844. The first-order valence-corrected chi connectivity index (χ1v) is 8.73. The number of hydrogen-bond acceptors (Lipinski definition) is 6. The standard InChI is InChI=1S/C20H19FN2O6/c1-28-16-7-2-4-12(19(16)21)11-29-15-6-3-5-13-14(15)8-23(20(13)27)9-17(25)22-18(26)10-24/h2-7,24H,8-11H2,1H3,(H,22,25,26). The van der Waals surface area contributed by atoms with Crippen molar-refractivity contribution in [1.29, 1.82) is 0 Å². The first-order valence-electron chi connectivity index (χ1n) is 8.73. The number of hydrogen-bond donors (Lipinski definition) is 2. The molecule has 0 radical (unpaired) electrons. The summed E-state index contributed by atoms with van der Waals surface area (Å²) in [6.07, 6.45) is 0. The Morgan fingerprint density at radius 2 is 1.90 bits per heavy atom. The number of methoxy groups -OCH3 is 1. The van der Waals surface area contributed by atoms with Crippen LogP contribution >= 0.6 is 0 Å². The van der Waals surface area contributed by atoms with Crippen LogP contribution in [0.3, 0.4) is 0 Å². The van der Waals surface area contributed by atoms with Crippen LogP contribution in [0.5, 0.6) is 11.5 Å². The van der Waals surface area contributed by atoms with E-state index in [0.717, 1.165) is 0 Å². The van der Waals surface area contributed by atoms with Gasteiger partial charge in [-0.1, -0.05) is 18.2 Å². The summed E-state index contributed by atoms with van der Waals surface area (Å²) >= 11 is 0. The van der Waals surface area contributed by atoms with Gasteiger partial charge in [0.15, 0.2) is 11.6 Å². The molecule has 0 atom stereocenters. The summed E-state index contributed by atoms with van der Waals surface area (Å²) in [6.45, 7) is -1.13. The lowest BCUT2D eigenvalue weighted by molar-refractivity contribution is -0.132. The molecular weight excluding hydrogens is 383 g/mol. The molecule has 0 aromatic heterocycles. The Bertz CT molecular complexity index is 962. The molecular formula is C20H19FN2O6. The van der Waals surface area contributed by atoms with Gasteiger partial charge in [0.1, 0.15) is 25.5 Å². The van der Waals surface area contributed by atoms with Crippen LogP contribution in [0.1, 0.15) is 21.5 Å². The molecule has 0 saturated carbocycles. The summed E-state index contributed by atoms with van der Waals surface area (Å²) in [5, 5.41) is 10.7. The monoisotopic (exact) mass is 402 g/mol. The average molecular weight is 402 g/mol. The van der Waals surface area contributed by atoms with E-state index in [9.17, 15) is 18.8 Å². The third kappa shape index (κ3) is 4.35. The maximum absolute atomic E-state index is 14.3. The van der Waals surface area contributed by atoms with Crippen LogP contribution in [0.2, 0.25) is 0 Å². The van der Waals surface area contributed by atoms with Gasteiger partial charge in [0, 0.05) is 16.7 Å². The maximum atomic E-state index is 14.3. The Morgan fingerprint density at radius 3 is 2.62 bits per heavy atom. The van der Waals surface area contributed by atoms with Crippen LogP contribution in [0.4, 0.5) is 4.39 Å². The molecule has 9 heteroatoms. The second-order valence-electron chi connectivity index (χ2n) is 6.29. The van der Waals surface area contributed by atoms with Crippen molar-refractivity contribution >= 4 is 17.7 Å². The van der Waals surface area contributed by atoms with E-state index in [2.05, 4.69) is 0 Å². The quantitative estimate of drug-likeness (QED) is 0.716. The molecule has 8 nitrogen and oxygen atoms in total. The number of imide groups is 1. The molecule has 1 heterocycles. The highest BCUT2D eigenvalue weighted by Crippen LogP contribution is 2.32. The number of ether oxygens (including phenoxy) is 2. The molecule has 1 aliphatic heterocycles. The van der Waals surface area contributed by atoms with E-state index >= 15 is 0 Å². The minimum absolute atomic E-state index is 0.0703. The van der Waals surface area contributed by atoms with Gasteiger partial charge >= 0.3 is 0 Å². The van der Waals surface area contributed by atoms with E-state index in [1.807, 2.05) is 5.32 Å². The molecule has 0 unspecified atom stereocenters. The number of aliphatic hydroxyl groups is 1. The van der Waals surface area contributed by atoms with Crippen molar-refractivity contribution in [3.8, 4) is 11.5 Å². The molecule has 152 valence electrons. The Morgan fingerprint density at radius 1 is 1.17 bits per heavy atom. The number of halogens is 1. The summed E-state index contributed by atoms with van der Waals surface area (Å²) in [5.41, 5.74) is 1.24. The Balaban J connectivity index is 1.72. The fourth-order valence-corrected chi connectivity index (χ4v) is 3.01. The van der Waals surface area contributed by atoms with Gasteiger partial charge in [0.25, 0.3) is 11.8 Å². The van der Waals surface area contributed by atoms with Crippen LogP contribution in [0, 0.1) is 5.82 Å². The minimum Gasteiger partial charge on any atom is -0.494 e. The van der Waals surface area contributed by atoms with E-state index in [4.69, 9.17) is 14.6 Å². The zero-order chi connectivity index (χ0) is 21.0. The normalized spacial score (nSPS) is 12.5. The number of nitrogens with zero attached hydrogens (tertiary/aromatic N) is 1. The van der Waals surface area contributed by atoms with Gasteiger partial charge in [-0.3, -0.25) is 19.7 Å². The molecule has 0 fully saturated rings. The lowest BCUT2D eigenvalue weighted by atomic mass is 10.1. The van der Waals surface area contributed by atoms with Gasteiger partial charge in [-0.2, -0.15) is 0 Å². The first-order chi connectivity index (χ1) is 13.9. The summed E-state index contributed by atoms with van der Waals surface area (Å²) < 4.78 is 25.0. The predicted octanol–water partition coefficient (Wildman–Crippen LogP) is 1.00. The van der Waals surface area contributed by atoms with Crippen LogP contribution in [0.15, 0.2) is 36.4 Å². The lowest BCUT2D eigenvalue weighted by Crippen LogP contribution is -2.41. The van der Waals surface area contributed by atoms with E-state index in [1.54, 1.807) is 30.3 Å². The van der Waals surface area contributed by atoms with Crippen molar-refractivity contribution in [2.24, 2.45) is 0 Å². The number of carbonyl (C=O) groups is 3. The van der Waals surface area contributed by atoms with Gasteiger partial charge in [0.2, 0.25) is 5.91 Å². The number of carbonyl (C=O) groups excluding carboxylic acids is 3. The highest BCUT2D eigenvalue weighted by molar-refractivity contribution is 6.03. The van der Waals surface area contributed by atoms with Crippen LogP contribution in [-0.2, 0) is 22.7 Å². The molecule has 3 amide bonds. The zero-order valence-corrected chi connectivity index (χ0v) is 15.6. The second kappa shape index (κ2) is 8.70. The van der Waals surface area contributed by atoms with Crippen LogP contribution in [0.25, 0.3) is 0 Å². The molecule has 2 N–H and O–H groups in total. The number of nitrogens with one attached hydrogen (secondary N) is 1. The fraction of sp³-hybridized carbons (Fsp3) is 0.250. The van der Waals surface area contributed by atoms with E-state index in [1.165, 1.54) is 18.1 Å². The molecule has 3 rings (SSSR count).